The number of ether oxygens (including phenoxy) is 1. The Hall–Kier alpha value is -2.10. The van der Waals surface area contributed by atoms with Crippen LogP contribution in [0.2, 0.25) is 0 Å². The average Bonchev–Trinajstić information content (AvgIpc) is 2.45. The van der Waals surface area contributed by atoms with E-state index in [2.05, 4.69) is 18.7 Å². The first-order valence-corrected chi connectivity index (χ1v) is 6.53. The highest BCUT2D eigenvalue weighted by Gasteiger charge is 2.06. The van der Waals surface area contributed by atoms with Gasteiger partial charge in [-0.3, -0.25) is 4.79 Å². The van der Waals surface area contributed by atoms with Crippen molar-refractivity contribution in [2.45, 2.75) is 26.7 Å². The van der Waals surface area contributed by atoms with E-state index in [4.69, 9.17) is 9.84 Å². The van der Waals surface area contributed by atoms with Gasteiger partial charge in [-0.15, -0.1) is 0 Å². The summed E-state index contributed by atoms with van der Waals surface area (Å²) in [4.78, 5) is 20.4. The van der Waals surface area contributed by atoms with Crippen LogP contribution in [0.3, 0.4) is 0 Å². The fourth-order valence-electron chi connectivity index (χ4n) is 1.26. The van der Waals surface area contributed by atoms with E-state index in [1.807, 2.05) is 32.0 Å². The molecule has 4 heteroatoms. The van der Waals surface area contributed by atoms with Gasteiger partial charge in [0, 0.05) is 6.08 Å². The Morgan fingerprint density at radius 1 is 1.30 bits per heavy atom. The molecule has 4 nitrogen and oxygen atoms in total. The van der Waals surface area contributed by atoms with Gasteiger partial charge in [-0.25, -0.2) is 4.79 Å². The summed E-state index contributed by atoms with van der Waals surface area (Å²) in [5.74, 6) is -1.12. The van der Waals surface area contributed by atoms with Crippen LogP contribution >= 0.6 is 0 Å². The molecule has 0 aliphatic rings. The van der Waals surface area contributed by atoms with Crippen molar-refractivity contribution < 1.29 is 19.4 Å². The fraction of sp³-hybridized carbons (Fsp3) is 0.375. The lowest BCUT2D eigenvalue weighted by Crippen LogP contribution is -2.12. The molecule has 0 bridgehead atoms. The molecule has 0 unspecified atom stereocenters. The molecular weight excluding hydrogens is 256 g/mol. The van der Waals surface area contributed by atoms with Crippen LogP contribution in [0.5, 0.6) is 0 Å². The minimum atomic E-state index is -0.981. The number of carboxylic acid groups (broad SMARTS) is 1. The first-order valence-electron chi connectivity index (χ1n) is 6.53. The van der Waals surface area contributed by atoms with Crippen LogP contribution in [-0.2, 0) is 20.7 Å². The molecule has 0 atom stereocenters. The fourth-order valence-corrected chi connectivity index (χ4v) is 1.26. The predicted molar refractivity (Wildman–Crippen MR) is 78.4 cm³/mol. The van der Waals surface area contributed by atoms with Gasteiger partial charge in [0.2, 0.25) is 0 Å². The van der Waals surface area contributed by atoms with Crippen molar-refractivity contribution in [1.82, 2.24) is 0 Å². The summed E-state index contributed by atoms with van der Waals surface area (Å²) in [6.45, 7) is 7.17. The van der Waals surface area contributed by atoms with E-state index in [0.29, 0.717) is 6.61 Å². The van der Waals surface area contributed by atoms with Crippen LogP contribution in [0.25, 0.3) is 0 Å². The molecule has 1 aromatic rings. The van der Waals surface area contributed by atoms with E-state index >= 15 is 0 Å². The Morgan fingerprint density at radius 2 is 1.85 bits per heavy atom. The van der Waals surface area contributed by atoms with E-state index in [-0.39, 0.29) is 11.9 Å². The van der Waals surface area contributed by atoms with E-state index in [1.54, 1.807) is 0 Å². The Labute approximate surface area is 120 Å². The maximum atomic E-state index is 11.1. The van der Waals surface area contributed by atoms with Gasteiger partial charge in [0.15, 0.2) is 0 Å². The second-order valence-corrected chi connectivity index (χ2v) is 4.45. The third-order valence-electron chi connectivity index (χ3n) is 2.34. The van der Waals surface area contributed by atoms with Crippen LogP contribution in [0.4, 0.5) is 0 Å². The quantitative estimate of drug-likeness (QED) is 0.493. The van der Waals surface area contributed by atoms with Crippen LogP contribution < -0.4 is 0 Å². The zero-order valence-corrected chi connectivity index (χ0v) is 12.0. The molecule has 0 spiro atoms. The second kappa shape index (κ2) is 10.8. The molecule has 0 aromatic heterocycles. The molecule has 1 rings (SSSR count). The van der Waals surface area contributed by atoms with Gasteiger partial charge in [0.1, 0.15) is 0 Å². The lowest BCUT2D eigenvalue weighted by Gasteiger charge is -2.06. The Kier molecular flexibility index (Phi) is 9.66. The van der Waals surface area contributed by atoms with Crippen molar-refractivity contribution in [2.24, 2.45) is 5.92 Å². The summed E-state index contributed by atoms with van der Waals surface area (Å²) in [5, 5.41) is 7.60. The van der Waals surface area contributed by atoms with Crippen molar-refractivity contribution in [3.63, 3.8) is 0 Å². The third-order valence-corrected chi connectivity index (χ3v) is 2.34. The highest BCUT2D eigenvalue weighted by atomic mass is 16.5. The summed E-state index contributed by atoms with van der Waals surface area (Å²) in [6.07, 6.45) is 2.69. The average molecular weight is 278 g/mol. The monoisotopic (exact) mass is 278 g/mol. The summed E-state index contributed by atoms with van der Waals surface area (Å²) in [5.41, 5.74) is 1.29. The van der Waals surface area contributed by atoms with Crippen LogP contribution in [0.1, 0.15) is 25.8 Å². The van der Waals surface area contributed by atoms with Gasteiger partial charge in [0.25, 0.3) is 0 Å². The predicted octanol–water partition coefficient (Wildman–Crippen LogP) is 3.08. The molecule has 20 heavy (non-hydrogen) atoms. The largest absolute Gasteiger partial charge is 0.478 e. The zero-order valence-electron chi connectivity index (χ0n) is 12.0. The second-order valence-electron chi connectivity index (χ2n) is 4.45. The number of benzene rings is 1. The molecule has 0 saturated heterocycles. The van der Waals surface area contributed by atoms with Crippen LogP contribution in [0, 0.1) is 5.92 Å². The number of carbonyl (C=O) groups excluding carboxylic acids is 1. The minimum absolute atomic E-state index is 0.0262. The Morgan fingerprint density at radius 3 is 2.30 bits per heavy atom. The van der Waals surface area contributed by atoms with Gasteiger partial charge in [-0.1, -0.05) is 50.8 Å². The minimum Gasteiger partial charge on any atom is -0.478 e. The lowest BCUT2D eigenvalue weighted by atomic mass is 10.1. The number of carbonyl (C=O) groups is 2. The first-order chi connectivity index (χ1) is 9.47. The van der Waals surface area contributed by atoms with Crippen molar-refractivity contribution in [3.05, 3.63) is 48.6 Å². The number of hydrogen-bond donors (Lipinski definition) is 1. The van der Waals surface area contributed by atoms with E-state index in [0.717, 1.165) is 18.9 Å². The molecule has 0 radical (unpaired) electrons. The number of aliphatic carboxylic acids is 1. The normalized spacial score (nSPS) is 9.35. The van der Waals surface area contributed by atoms with Gasteiger partial charge >= 0.3 is 11.9 Å². The molecular formula is C16H22O4. The number of aryl methyl sites for hydroxylation is 1. The zero-order chi connectivity index (χ0) is 15.4. The standard InChI is InChI=1S/C13H18O2.C3H4O2/c1-11(2)13(14)15-10-6-9-12-7-4-3-5-8-12;1-2-3(4)5/h3-5,7-8,11H,6,9-10H2,1-2H3;2H,1H2,(H,4,5). The van der Waals surface area contributed by atoms with Gasteiger partial charge < -0.3 is 9.84 Å². The molecule has 1 aromatic carbocycles. The SMILES string of the molecule is C=CC(=O)O.CC(C)C(=O)OCCCc1ccccc1. The molecule has 0 saturated carbocycles. The molecule has 0 heterocycles. The van der Waals surface area contributed by atoms with Crippen molar-refractivity contribution in [2.75, 3.05) is 6.61 Å². The van der Waals surface area contributed by atoms with Gasteiger partial charge in [-0.05, 0) is 18.4 Å². The van der Waals surface area contributed by atoms with E-state index in [9.17, 15) is 9.59 Å². The molecule has 0 aliphatic carbocycles. The van der Waals surface area contributed by atoms with Gasteiger partial charge in [-0.2, -0.15) is 0 Å². The molecule has 110 valence electrons. The number of rotatable bonds is 6. The van der Waals surface area contributed by atoms with Crippen molar-refractivity contribution >= 4 is 11.9 Å². The smallest absolute Gasteiger partial charge is 0.327 e. The number of hydrogen-bond acceptors (Lipinski definition) is 3. The molecule has 0 aliphatic heterocycles. The summed E-state index contributed by atoms with van der Waals surface area (Å²) >= 11 is 0. The van der Waals surface area contributed by atoms with E-state index < -0.39 is 5.97 Å². The topological polar surface area (TPSA) is 63.6 Å². The van der Waals surface area contributed by atoms with Crippen LogP contribution in [-0.4, -0.2) is 23.7 Å². The lowest BCUT2D eigenvalue weighted by molar-refractivity contribution is -0.147. The van der Waals surface area contributed by atoms with Crippen LogP contribution in [0.15, 0.2) is 43.0 Å². The van der Waals surface area contributed by atoms with Gasteiger partial charge in [0.05, 0.1) is 12.5 Å². The maximum Gasteiger partial charge on any atom is 0.327 e. The molecule has 1 N–H and O–H groups in total. The Balaban J connectivity index is 0.000000621. The number of carboxylic acids is 1. The molecule has 0 amide bonds. The van der Waals surface area contributed by atoms with E-state index in [1.165, 1.54) is 5.56 Å². The summed E-state index contributed by atoms with van der Waals surface area (Å²) in [6, 6.07) is 10.2. The van der Waals surface area contributed by atoms with Crippen molar-refractivity contribution in [3.8, 4) is 0 Å². The Bertz CT molecular complexity index is 410. The summed E-state index contributed by atoms with van der Waals surface area (Å²) < 4.78 is 5.09. The summed E-state index contributed by atoms with van der Waals surface area (Å²) in [7, 11) is 0. The number of esters is 1. The van der Waals surface area contributed by atoms with Crippen molar-refractivity contribution in [1.29, 1.82) is 0 Å². The first kappa shape index (κ1) is 17.9. The highest BCUT2D eigenvalue weighted by Crippen LogP contribution is 2.03. The maximum absolute atomic E-state index is 11.1. The third kappa shape index (κ3) is 9.88. The highest BCUT2D eigenvalue weighted by molar-refractivity contribution is 5.78. The molecule has 0 fully saturated rings.